The molecule has 102 valence electrons. The van der Waals surface area contributed by atoms with Crippen molar-refractivity contribution in [2.24, 2.45) is 0 Å². The number of ether oxygens (including phenoxy) is 2. The summed E-state index contributed by atoms with van der Waals surface area (Å²) < 4.78 is 9.42. The van der Waals surface area contributed by atoms with Gasteiger partial charge in [-0.1, -0.05) is 0 Å². The second kappa shape index (κ2) is 7.58. The largest absolute Gasteiger partial charge is 0.466 e. The highest BCUT2D eigenvalue weighted by atomic mass is 16.6. The van der Waals surface area contributed by atoms with Crippen molar-refractivity contribution in [2.45, 2.75) is 25.8 Å². The highest BCUT2D eigenvalue weighted by Gasteiger charge is 2.22. The average molecular weight is 256 g/mol. The van der Waals surface area contributed by atoms with E-state index in [0.717, 1.165) is 12.8 Å². The van der Waals surface area contributed by atoms with Crippen LogP contribution in [0, 0.1) is 0 Å². The Bertz CT molecular complexity index is 309. The van der Waals surface area contributed by atoms with E-state index in [1.165, 1.54) is 13.2 Å². The lowest BCUT2D eigenvalue weighted by molar-refractivity contribution is -0.134. The quantitative estimate of drug-likeness (QED) is 0.597. The standard InChI is InChI=1S/C12H20N2O4/c1-3-18-12(16)14-8-5-10(6-9-14)13-7-4-11(15)17-2/h4,7,10,13H,3,5-6,8-9H2,1-2H3/b7-4+. The van der Waals surface area contributed by atoms with Crippen LogP contribution in [-0.4, -0.2) is 49.8 Å². The zero-order valence-electron chi connectivity index (χ0n) is 10.8. The predicted molar refractivity (Wildman–Crippen MR) is 65.9 cm³/mol. The van der Waals surface area contributed by atoms with Gasteiger partial charge in [0.2, 0.25) is 0 Å². The number of carbonyl (C=O) groups is 2. The van der Waals surface area contributed by atoms with Crippen LogP contribution < -0.4 is 5.32 Å². The zero-order chi connectivity index (χ0) is 13.4. The number of piperidine rings is 1. The number of hydrogen-bond donors (Lipinski definition) is 1. The number of rotatable bonds is 4. The van der Waals surface area contributed by atoms with Crippen molar-refractivity contribution in [1.82, 2.24) is 10.2 Å². The summed E-state index contributed by atoms with van der Waals surface area (Å²) in [6.45, 7) is 3.54. The smallest absolute Gasteiger partial charge is 0.409 e. The average Bonchev–Trinajstić information content (AvgIpc) is 2.39. The number of likely N-dealkylation sites (tertiary alicyclic amines) is 1. The maximum Gasteiger partial charge on any atom is 0.409 e. The van der Waals surface area contributed by atoms with Gasteiger partial charge in [-0.15, -0.1) is 0 Å². The normalized spacial score (nSPS) is 16.7. The van der Waals surface area contributed by atoms with E-state index < -0.39 is 0 Å². The molecule has 1 heterocycles. The number of esters is 1. The van der Waals surface area contributed by atoms with Crippen molar-refractivity contribution < 1.29 is 19.1 Å². The van der Waals surface area contributed by atoms with Gasteiger partial charge in [-0.3, -0.25) is 0 Å². The Labute approximate surface area is 107 Å². The first-order chi connectivity index (χ1) is 8.67. The third-order valence-corrected chi connectivity index (χ3v) is 2.77. The minimum absolute atomic E-state index is 0.249. The van der Waals surface area contributed by atoms with E-state index in [0.29, 0.717) is 19.7 Å². The topological polar surface area (TPSA) is 67.9 Å². The van der Waals surface area contributed by atoms with Crippen molar-refractivity contribution in [1.29, 1.82) is 0 Å². The Kier molecular flexibility index (Phi) is 6.04. The Morgan fingerprint density at radius 2 is 2.06 bits per heavy atom. The molecule has 0 aliphatic carbocycles. The molecule has 1 amide bonds. The molecule has 0 aromatic carbocycles. The summed E-state index contributed by atoms with van der Waals surface area (Å²) in [6.07, 6.45) is 4.36. The van der Waals surface area contributed by atoms with Crippen molar-refractivity contribution in [3.05, 3.63) is 12.3 Å². The van der Waals surface area contributed by atoms with E-state index >= 15 is 0 Å². The van der Waals surface area contributed by atoms with Crippen LogP contribution in [0.25, 0.3) is 0 Å². The van der Waals surface area contributed by atoms with Gasteiger partial charge in [0.1, 0.15) is 0 Å². The Morgan fingerprint density at radius 1 is 1.39 bits per heavy atom. The van der Waals surface area contributed by atoms with Gasteiger partial charge < -0.3 is 19.7 Å². The molecule has 0 atom stereocenters. The van der Waals surface area contributed by atoms with Crippen LogP contribution in [-0.2, 0) is 14.3 Å². The Balaban J connectivity index is 2.25. The van der Waals surface area contributed by atoms with E-state index in [1.807, 2.05) is 0 Å². The van der Waals surface area contributed by atoms with E-state index in [-0.39, 0.29) is 18.1 Å². The van der Waals surface area contributed by atoms with Gasteiger partial charge >= 0.3 is 12.1 Å². The van der Waals surface area contributed by atoms with Gasteiger partial charge in [0.05, 0.1) is 13.7 Å². The molecule has 0 unspecified atom stereocenters. The lowest BCUT2D eigenvalue weighted by Crippen LogP contribution is -2.43. The minimum atomic E-state index is -0.383. The van der Waals surface area contributed by atoms with E-state index in [4.69, 9.17) is 4.74 Å². The van der Waals surface area contributed by atoms with Crippen LogP contribution in [0.4, 0.5) is 4.79 Å². The van der Waals surface area contributed by atoms with Crippen molar-refractivity contribution >= 4 is 12.1 Å². The summed E-state index contributed by atoms with van der Waals surface area (Å²) in [4.78, 5) is 24.0. The number of carbonyl (C=O) groups excluding carboxylic acids is 2. The summed E-state index contributed by atoms with van der Waals surface area (Å²) in [5.74, 6) is -0.383. The molecule has 0 radical (unpaired) electrons. The molecule has 18 heavy (non-hydrogen) atoms. The Morgan fingerprint density at radius 3 is 2.61 bits per heavy atom. The predicted octanol–water partition coefficient (Wildman–Crippen LogP) is 0.884. The van der Waals surface area contributed by atoms with E-state index in [2.05, 4.69) is 10.1 Å². The molecule has 6 nitrogen and oxygen atoms in total. The number of hydrogen-bond acceptors (Lipinski definition) is 5. The molecule has 0 bridgehead atoms. The summed E-state index contributed by atoms with van der Waals surface area (Å²) in [6, 6.07) is 0.275. The van der Waals surface area contributed by atoms with Gasteiger partial charge in [0.25, 0.3) is 0 Å². The first-order valence-electron chi connectivity index (χ1n) is 6.09. The van der Waals surface area contributed by atoms with Gasteiger partial charge in [-0.25, -0.2) is 9.59 Å². The molecule has 1 aliphatic heterocycles. The highest BCUT2D eigenvalue weighted by molar-refractivity contribution is 5.81. The summed E-state index contributed by atoms with van der Waals surface area (Å²) in [5.41, 5.74) is 0. The molecular formula is C12H20N2O4. The van der Waals surface area contributed by atoms with Crippen LogP contribution in [0.3, 0.4) is 0 Å². The molecule has 1 rings (SSSR count). The van der Waals surface area contributed by atoms with Crippen LogP contribution in [0.2, 0.25) is 0 Å². The Hall–Kier alpha value is -1.72. The van der Waals surface area contributed by atoms with Crippen LogP contribution in [0.15, 0.2) is 12.3 Å². The lowest BCUT2D eigenvalue weighted by atomic mass is 10.1. The molecule has 1 saturated heterocycles. The van der Waals surface area contributed by atoms with Crippen LogP contribution >= 0.6 is 0 Å². The van der Waals surface area contributed by atoms with Gasteiger partial charge in [0.15, 0.2) is 0 Å². The molecule has 0 aromatic rings. The number of methoxy groups -OCH3 is 1. The van der Waals surface area contributed by atoms with E-state index in [1.54, 1.807) is 18.0 Å². The van der Waals surface area contributed by atoms with Crippen LogP contribution in [0.1, 0.15) is 19.8 Å². The van der Waals surface area contributed by atoms with Crippen molar-refractivity contribution in [3.8, 4) is 0 Å². The highest BCUT2D eigenvalue weighted by Crippen LogP contribution is 2.11. The van der Waals surface area contributed by atoms with Gasteiger partial charge in [-0.2, -0.15) is 0 Å². The molecule has 1 aliphatic rings. The van der Waals surface area contributed by atoms with Crippen molar-refractivity contribution in [2.75, 3.05) is 26.8 Å². The molecular weight excluding hydrogens is 236 g/mol. The summed E-state index contributed by atoms with van der Waals surface area (Å²) in [7, 11) is 1.34. The van der Waals surface area contributed by atoms with E-state index in [9.17, 15) is 9.59 Å². The van der Waals surface area contributed by atoms with Gasteiger partial charge in [-0.05, 0) is 19.8 Å². The zero-order valence-corrected chi connectivity index (χ0v) is 10.8. The third-order valence-electron chi connectivity index (χ3n) is 2.77. The maximum atomic E-state index is 11.5. The molecule has 0 aromatic heterocycles. The van der Waals surface area contributed by atoms with Gasteiger partial charge in [0, 0.05) is 31.4 Å². The summed E-state index contributed by atoms with van der Waals surface area (Å²) in [5, 5.41) is 3.12. The number of nitrogens with one attached hydrogen (secondary N) is 1. The minimum Gasteiger partial charge on any atom is -0.466 e. The fraction of sp³-hybridized carbons (Fsp3) is 0.667. The molecule has 1 N–H and O–H groups in total. The second-order valence-corrected chi connectivity index (χ2v) is 3.98. The molecule has 0 saturated carbocycles. The SMILES string of the molecule is CCOC(=O)N1CCC(N/C=C/C(=O)OC)CC1. The lowest BCUT2D eigenvalue weighted by Gasteiger charge is -2.31. The summed E-state index contributed by atoms with van der Waals surface area (Å²) >= 11 is 0. The molecule has 0 spiro atoms. The number of nitrogens with zero attached hydrogens (tertiary/aromatic N) is 1. The molecule has 1 fully saturated rings. The first-order valence-corrected chi connectivity index (χ1v) is 6.09. The van der Waals surface area contributed by atoms with Crippen LogP contribution in [0.5, 0.6) is 0 Å². The molecule has 6 heteroatoms. The fourth-order valence-electron chi connectivity index (χ4n) is 1.76. The monoisotopic (exact) mass is 256 g/mol. The third kappa shape index (κ3) is 4.65. The number of amides is 1. The van der Waals surface area contributed by atoms with Crippen molar-refractivity contribution in [3.63, 3.8) is 0 Å². The maximum absolute atomic E-state index is 11.5. The second-order valence-electron chi connectivity index (χ2n) is 3.98. The fourth-order valence-corrected chi connectivity index (χ4v) is 1.76. The first kappa shape index (κ1) is 14.3.